The van der Waals surface area contributed by atoms with Crippen molar-refractivity contribution in [1.29, 1.82) is 0 Å². The number of nitrogens with one attached hydrogen (secondary N) is 1. The quantitative estimate of drug-likeness (QED) is 0.469. The zero-order valence-corrected chi connectivity index (χ0v) is 5.42. The van der Waals surface area contributed by atoms with E-state index in [9.17, 15) is 4.79 Å². The Labute approximate surface area is 54.1 Å². The molecule has 3 nitrogen and oxygen atoms in total. The fraction of sp³-hybridized carbons (Fsp3) is 0.833. The average molecular weight is 129 g/mol. The second-order valence-electron chi connectivity index (χ2n) is 2.46. The van der Waals surface area contributed by atoms with Crippen LogP contribution in [0.5, 0.6) is 0 Å². The van der Waals surface area contributed by atoms with Crippen LogP contribution in [0.15, 0.2) is 0 Å². The van der Waals surface area contributed by atoms with Crippen LogP contribution in [0.3, 0.4) is 0 Å². The summed E-state index contributed by atoms with van der Waals surface area (Å²) in [6.07, 6.45) is 0.723. The number of aliphatic hydroxyl groups is 1. The van der Waals surface area contributed by atoms with Crippen molar-refractivity contribution < 1.29 is 9.90 Å². The van der Waals surface area contributed by atoms with Crippen LogP contribution >= 0.6 is 0 Å². The van der Waals surface area contributed by atoms with Gasteiger partial charge in [0.05, 0.1) is 12.1 Å². The highest BCUT2D eigenvalue weighted by Crippen LogP contribution is 2.07. The molecule has 0 bridgehead atoms. The molecule has 1 saturated heterocycles. The zero-order chi connectivity index (χ0) is 6.85. The lowest BCUT2D eigenvalue weighted by Gasteiger charge is -2.24. The molecule has 1 rings (SSSR count). The predicted molar refractivity (Wildman–Crippen MR) is 32.8 cm³/mol. The SMILES string of the molecule is C[C@@H]1NC(=O)CC[C@@H]1O. The van der Waals surface area contributed by atoms with E-state index < -0.39 is 0 Å². The van der Waals surface area contributed by atoms with E-state index in [1.807, 2.05) is 6.92 Å². The molecule has 0 aromatic heterocycles. The van der Waals surface area contributed by atoms with Gasteiger partial charge in [-0.1, -0.05) is 0 Å². The molecule has 2 atom stereocenters. The maximum atomic E-state index is 10.6. The van der Waals surface area contributed by atoms with Crippen LogP contribution in [0.1, 0.15) is 19.8 Å². The molecule has 0 aliphatic carbocycles. The molecule has 0 radical (unpaired) electrons. The molecule has 0 aromatic carbocycles. The summed E-state index contributed by atoms with van der Waals surface area (Å²) >= 11 is 0. The van der Waals surface area contributed by atoms with Gasteiger partial charge in [0, 0.05) is 6.42 Å². The Morgan fingerprint density at radius 2 is 2.44 bits per heavy atom. The molecule has 0 saturated carbocycles. The Hall–Kier alpha value is -0.570. The van der Waals surface area contributed by atoms with Crippen LogP contribution in [0, 0.1) is 0 Å². The topological polar surface area (TPSA) is 49.3 Å². The second-order valence-corrected chi connectivity index (χ2v) is 2.46. The van der Waals surface area contributed by atoms with Gasteiger partial charge in [-0.15, -0.1) is 0 Å². The summed E-state index contributed by atoms with van der Waals surface area (Å²) in [5.41, 5.74) is 0. The fourth-order valence-corrected chi connectivity index (χ4v) is 0.951. The van der Waals surface area contributed by atoms with Crippen LogP contribution in [0.25, 0.3) is 0 Å². The van der Waals surface area contributed by atoms with Crippen LogP contribution in [-0.2, 0) is 4.79 Å². The van der Waals surface area contributed by atoms with E-state index in [1.54, 1.807) is 0 Å². The molecule has 9 heavy (non-hydrogen) atoms. The van der Waals surface area contributed by atoms with Gasteiger partial charge in [0.25, 0.3) is 0 Å². The highest BCUT2D eigenvalue weighted by Gasteiger charge is 2.22. The first kappa shape index (κ1) is 6.55. The minimum absolute atomic E-state index is 0.0489. The summed E-state index contributed by atoms with van der Waals surface area (Å²) in [6.45, 7) is 1.81. The molecule has 1 heterocycles. The van der Waals surface area contributed by atoms with E-state index in [1.165, 1.54) is 0 Å². The van der Waals surface area contributed by atoms with Crippen molar-refractivity contribution in [2.45, 2.75) is 31.9 Å². The number of aliphatic hydroxyl groups excluding tert-OH is 1. The van der Waals surface area contributed by atoms with Crippen molar-refractivity contribution in [2.75, 3.05) is 0 Å². The minimum Gasteiger partial charge on any atom is -0.391 e. The fourth-order valence-electron chi connectivity index (χ4n) is 0.951. The van der Waals surface area contributed by atoms with E-state index in [4.69, 9.17) is 5.11 Å². The van der Waals surface area contributed by atoms with Crippen LogP contribution in [0.4, 0.5) is 0 Å². The number of rotatable bonds is 0. The Kier molecular flexibility index (Phi) is 1.71. The lowest BCUT2D eigenvalue weighted by Crippen LogP contribution is -2.45. The molecule has 1 aliphatic rings. The summed E-state index contributed by atoms with van der Waals surface area (Å²) in [5.74, 6) is 0.0489. The maximum absolute atomic E-state index is 10.6. The van der Waals surface area contributed by atoms with Crippen molar-refractivity contribution in [1.82, 2.24) is 5.32 Å². The maximum Gasteiger partial charge on any atom is 0.220 e. The van der Waals surface area contributed by atoms with Gasteiger partial charge in [-0.25, -0.2) is 0 Å². The van der Waals surface area contributed by atoms with Crippen LogP contribution in [0.2, 0.25) is 0 Å². The summed E-state index contributed by atoms with van der Waals surface area (Å²) < 4.78 is 0. The first-order valence-electron chi connectivity index (χ1n) is 3.17. The van der Waals surface area contributed by atoms with Crippen molar-refractivity contribution in [3.05, 3.63) is 0 Å². The van der Waals surface area contributed by atoms with Crippen molar-refractivity contribution >= 4 is 5.91 Å². The predicted octanol–water partition coefficient (Wildman–Crippen LogP) is -0.354. The Morgan fingerprint density at radius 1 is 1.78 bits per heavy atom. The van der Waals surface area contributed by atoms with Gasteiger partial charge in [0.1, 0.15) is 0 Å². The first-order chi connectivity index (χ1) is 4.20. The Balaban J connectivity index is 2.44. The summed E-state index contributed by atoms with van der Waals surface area (Å²) in [5, 5.41) is 11.7. The molecule has 52 valence electrons. The van der Waals surface area contributed by atoms with E-state index in [2.05, 4.69) is 5.32 Å². The summed E-state index contributed by atoms with van der Waals surface area (Å²) in [7, 11) is 0. The van der Waals surface area contributed by atoms with Crippen molar-refractivity contribution in [3.63, 3.8) is 0 Å². The molecule has 0 aromatic rings. The van der Waals surface area contributed by atoms with E-state index in [0.717, 1.165) is 0 Å². The lowest BCUT2D eigenvalue weighted by atomic mass is 10.0. The molecule has 0 unspecified atom stereocenters. The number of hydrogen-bond acceptors (Lipinski definition) is 2. The second kappa shape index (κ2) is 2.35. The molecular formula is C6H11NO2. The molecule has 0 spiro atoms. The first-order valence-corrected chi connectivity index (χ1v) is 3.17. The monoisotopic (exact) mass is 129 g/mol. The number of carbonyl (C=O) groups is 1. The standard InChI is InChI=1S/C6H11NO2/c1-4-5(8)2-3-6(9)7-4/h4-5,8H,2-3H2,1H3,(H,7,9)/t4-,5-/m0/s1. The van der Waals surface area contributed by atoms with E-state index >= 15 is 0 Å². The van der Waals surface area contributed by atoms with Gasteiger partial charge >= 0.3 is 0 Å². The minimum atomic E-state index is -0.345. The normalized spacial score (nSPS) is 36.0. The Morgan fingerprint density at radius 3 is 2.89 bits per heavy atom. The van der Waals surface area contributed by atoms with Gasteiger partial charge in [-0.2, -0.15) is 0 Å². The highest BCUT2D eigenvalue weighted by molar-refractivity contribution is 5.77. The number of amides is 1. The van der Waals surface area contributed by atoms with E-state index in [0.29, 0.717) is 12.8 Å². The lowest BCUT2D eigenvalue weighted by molar-refractivity contribution is -0.125. The Bertz CT molecular complexity index is 124. The van der Waals surface area contributed by atoms with Gasteiger partial charge in [0.2, 0.25) is 5.91 Å². The zero-order valence-electron chi connectivity index (χ0n) is 5.42. The van der Waals surface area contributed by atoms with Crippen LogP contribution < -0.4 is 5.32 Å². The van der Waals surface area contributed by atoms with E-state index in [-0.39, 0.29) is 18.1 Å². The van der Waals surface area contributed by atoms with Gasteiger partial charge in [0.15, 0.2) is 0 Å². The van der Waals surface area contributed by atoms with Gasteiger partial charge in [-0.05, 0) is 13.3 Å². The van der Waals surface area contributed by atoms with Crippen LogP contribution in [-0.4, -0.2) is 23.2 Å². The largest absolute Gasteiger partial charge is 0.391 e. The third kappa shape index (κ3) is 1.42. The van der Waals surface area contributed by atoms with Gasteiger partial charge < -0.3 is 10.4 Å². The third-order valence-electron chi connectivity index (χ3n) is 1.63. The summed E-state index contributed by atoms with van der Waals surface area (Å²) in [4.78, 5) is 10.6. The summed E-state index contributed by atoms with van der Waals surface area (Å²) in [6, 6.07) is -0.0637. The molecule has 3 heteroatoms. The number of piperidine rings is 1. The van der Waals surface area contributed by atoms with Crippen molar-refractivity contribution in [3.8, 4) is 0 Å². The molecular weight excluding hydrogens is 118 g/mol. The number of carbonyl (C=O) groups excluding carboxylic acids is 1. The van der Waals surface area contributed by atoms with Gasteiger partial charge in [-0.3, -0.25) is 4.79 Å². The smallest absolute Gasteiger partial charge is 0.220 e. The molecule has 1 aliphatic heterocycles. The third-order valence-corrected chi connectivity index (χ3v) is 1.63. The molecule has 2 N–H and O–H groups in total. The van der Waals surface area contributed by atoms with Crippen molar-refractivity contribution in [2.24, 2.45) is 0 Å². The molecule has 1 amide bonds. The number of hydrogen-bond donors (Lipinski definition) is 2. The average Bonchev–Trinajstić information content (AvgIpc) is 1.80. The molecule has 1 fully saturated rings. The highest BCUT2D eigenvalue weighted by atomic mass is 16.3.